The van der Waals surface area contributed by atoms with Crippen LogP contribution in [0.25, 0.3) is 5.78 Å². The second kappa shape index (κ2) is 7.43. The van der Waals surface area contributed by atoms with Crippen LogP contribution in [-0.2, 0) is 11.3 Å². The maximum Gasteiger partial charge on any atom is 0.254 e. The van der Waals surface area contributed by atoms with Gasteiger partial charge in [0.1, 0.15) is 23.8 Å². The highest BCUT2D eigenvalue weighted by Gasteiger charge is 2.22. The van der Waals surface area contributed by atoms with E-state index < -0.39 is 0 Å². The van der Waals surface area contributed by atoms with Gasteiger partial charge in [0.05, 0.1) is 12.3 Å². The van der Waals surface area contributed by atoms with Gasteiger partial charge in [-0.05, 0) is 26.7 Å². The minimum absolute atomic E-state index is 0.357. The summed E-state index contributed by atoms with van der Waals surface area (Å²) in [6.45, 7) is 6.29. The van der Waals surface area contributed by atoms with Gasteiger partial charge in [-0.15, -0.1) is 0 Å². The number of hydrogen-bond acceptors (Lipinski definition) is 8. The molecule has 142 valence electrons. The van der Waals surface area contributed by atoms with Crippen LogP contribution in [0.4, 0.5) is 11.6 Å². The fourth-order valence-electron chi connectivity index (χ4n) is 3.51. The number of piperidine rings is 1. The van der Waals surface area contributed by atoms with Crippen molar-refractivity contribution >= 4 is 17.4 Å². The van der Waals surface area contributed by atoms with Gasteiger partial charge in [0.25, 0.3) is 5.78 Å². The van der Waals surface area contributed by atoms with Crippen molar-refractivity contribution in [2.75, 3.05) is 30.4 Å². The van der Waals surface area contributed by atoms with Gasteiger partial charge in [-0.2, -0.15) is 14.6 Å². The van der Waals surface area contributed by atoms with E-state index >= 15 is 0 Å². The van der Waals surface area contributed by atoms with Crippen molar-refractivity contribution in [3.05, 3.63) is 35.7 Å². The first-order valence-electron chi connectivity index (χ1n) is 9.15. The molecule has 27 heavy (non-hydrogen) atoms. The van der Waals surface area contributed by atoms with Crippen LogP contribution in [0.2, 0.25) is 0 Å². The summed E-state index contributed by atoms with van der Waals surface area (Å²) in [4.78, 5) is 19.9. The van der Waals surface area contributed by atoms with Crippen LogP contribution >= 0.6 is 0 Å². The van der Waals surface area contributed by atoms with E-state index in [1.807, 2.05) is 19.9 Å². The number of rotatable bonds is 5. The molecule has 0 amide bonds. The number of aromatic nitrogens is 6. The Morgan fingerprint density at radius 2 is 1.96 bits per heavy atom. The van der Waals surface area contributed by atoms with Crippen LogP contribution in [-0.4, -0.2) is 55.8 Å². The molecule has 0 saturated carbocycles. The van der Waals surface area contributed by atoms with Gasteiger partial charge in [-0.25, -0.2) is 15.0 Å². The molecule has 0 aromatic carbocycles. The van der Waals surface area contributed by atoms with E-state index in [0.29, 0.717) is 18.4 Å². The maximum atomic E-state index is 5.21. The average Bonchev–Trinajstić information content (AvgIpc) is 3.11. The Labute approximate surface area is 157 Å². The van der Waals surface area contributed by atoms with Crippen molar-refractivity contribution in [3.63, 3.8) is 0 Å². The number of methoxy groups -OCH3 is 1. The highest BCUT2D eigenvalue weighted by atomic mass is 16.5. The third kappa shape index (κ3) is 3.82. The lowest BCUT2D eigenvalue weighted by Crippen LogP contribution is -2.40. The Kier molecular flexibility index (Phi) is 4.85. The quantitative estimate of drug-likeness (QED) is 0.728. The number of ether oxygens (including phenoxy) is 1. The van der Waals surface area contributed by atoms with Crippen molar-refractivity contribution in [3.8, 4) is 0 Å². The van der Waals surface area contributed by atoms with Crippen LogP contribution in [0.1, 0.15) is 30.1 Å². The Bertz CT molecular complexity index is 912. The predicted molar refractivity (Wildman–Crippen MR) is 102 cm³/mol. The average molecular weight is 368 g/mol. The smallest absolute Gasteiger partial charge is 0.254 e. The molecule has 3 aromatic rings. The summed E-state index contributed by atoms with van der Waals surface area (Å²) in [6, 6.07) is 4.39. The van der Waals surface area contributed by atoms with E-state index in [1.54, 1.807) is 11.6 Å². The fraction of sp³-hybridized carbons (Fsp3) is 0.500. The molecule has 3 aromatic heterocycles. The van der Waals surface area contributed by atoms with Gasteiger partial charge in [0.2, 0.25) is 0 Å². The largest absolute Gasteiger partial charge is 0.378 e. The summed E-state index contributed by atoms with van der Waals surface area (Å²) >= 11 is 0. The summed E-state index contributed by atoms with van der Waals surface area (Å²) in [5.41, 5.74) is 1.85. The van der Waals surface area contributed by atoms with Crippen LogP contribution in [0, 0.1) is 13.8 Å². The summed E-state index contributed by atoms with van der Waals surface area (Å²) in [5, 5.41) is 7.89. The normalized spacial score (nSPS) is 15.4. The SMILES string of the molecule is COCc1cc(NC2CCN(c3cc(C)nc(C)n3)CC2)n2ncnc2n1. The molecule has 1 fully saturated rings. The molecule has 0 bridgehead atoms. The summed E-state index contributed by atoms with van der Waals surface area (Å²) in [5.74, 6) is 3.32. The molecule has 4 heterocycles. The third-order valence-corrected chi connectivity index (χ3v) is 4.72. The van der Waals surface area contributed by atoms with Crippen molar-refractivity contribution in [1.29, 1.82) is 0 Å². The van der Waals surface area contributed by atoms with Crippen molar-refractivity contribution in [2.24, 2.45) is 0 Å². The predicted octanol–water partition coefficient (Wildman–Crippen LogP) is 1.76. The summed E-state index contributed by atoms with van der Waals surface area (Å²) in [6.07, 6.45) is 3.55. The van der Waals surface area contributed by atoms with Gasteiger partial charge in [0, 0.05) is 44.1 Å². The topological polar surface area (TPSA) is 93.4 Å². The Morgan fingerprint density at radius 3 is 2.70 bits per heavy atom. The zero-order chi connectivity index (χ0) is 18.8. The molecule has 0 spiro atoms. The molecule has 0 unspecified atom stereocenters. The minimum atomic E-state index is 0.357. The van der Waals surface area contributed by atoms with Gasteiger partial charge in [-0.3, -0.25) is 0 Å². The molecule has 9 heteroatoms. The van der Waals surface area contributed by atoms with E-state index in [0.717, 1.165) is 54.8 Å². The number of aryl methyl sites for hydroxylation is 2. The Balaban J connectivity index is 1.46. The fourth-order valence-corrected chi connectivity index (χ4v) is 3.51. The second-order valence-electron chi connectivity index (χ2n) is 6.86. The highest BCUT2D eigenvalue weighted by Crippen LogP contribution is 2.22. The Hall–Kier alpha value is -2.81. The molecule has 9 nitrogen and oxygen atoms in total. The first-order valence-corrected chi connectivity index (χ1v) is 9.15. The lowest BCUT2D eigenvalue weighted by Gasteiger charge is -2.33. The molecule has 1 aliphatic heterocycles. The van der Waals surface area contributed by atoms with E-state index in [4.69, 9.17) is 4.74 Å². The van der Waals surface area contributed by atoms with Crippen LogP contribution in [0.15, 0.2) is 18.5 Å². The number of nitrogens with zero attached hydrogens (tertiary/aromatic N) is 7. The first-order chi connectivity index (χ1) is 13.1. The van der Waals surface area contributed by atoms with E-state index in [9.17, 15) is 0 Å². The Morgan fingerprint density at radius 1 is 1.15 bits per heavy atom. The molecule has 0 atom stereocenters. The van der Waals surface area contributed by atoms with Crippen molar-refractivity contribution in [1.82, 2.24) is 29.5 Å². The monoisotopic (exact) mass is 368 g/mol. The maximum absolute atomic E-state index is 5.21. The summed E-state index contributed by atoms with van der Waals surface area (Å²) < 4.78 is 6.95. The van der Waals surface area contributed by atoms with Crippen molar-refractivity contribution in [2.45, 2.75) is 39.3 Å². The number of fused-ring (bicyclic) bond motifs is 1. The van der Waals surface area contributed by atoms with Crippen LogP contribution in [0.5, 0.6) is 0 Å². The standard InChI is InChI=1S/C18H24N8O/c1-12-8-16(22-13(2)21-12)25-6-4-14(5-7-25)23-17-9-15(10-27-3)24-18-19-11-20-26(17)18/h8-9,11,14,23H,4-7,10H2,1-3H3. The minimum Gasteiger partial charge on any atom is -0.378 e. The van der Waals surface area contributed by atoms with Crippen molar-refractivity contribution < 1.29 is 4.74 Å². The highest BCUT2D eigenvalue weighted by molar-refractivity contribution is 5.46. The lowest BCUT2D eigenvalue weighted by molar-refractivity contribution is 0.181. The number of nitrogens with one attached hydrogen (secondary N) is 1. The second-order valence-corrected chi connectivity index (χ2v) is 6.86. The molecule has 4 rings (SSSR count). The van der Waals surface area contributed by atoms with E-state index in [2.05, 4.69) is 41.3 Å². The molecular weight excluding hydrogens is 344 g/mol. The van der Waals surface area contributed by atoms with Gasteiger partial charge in [-0.1, -0.05) is 0 Å². The molecular formula is C18H24N8O. The summed E-state index contributed by atoms with van der Waals surface area (Å²) in [7, 11) is 1.66. The van der Waals surface area contributed by atoms with E-state index in [-0.39, 0.29) is 0 Å². The van der Waals surface area contributed by atoms with E-state index in [1.165, 1.54) is 6.33 Å². The molecule has 0 aliphatic carbocycles. The zero-order valence-corrected chi connectivity index (χ0v) is 15.9. The molecule has 1 aliphatic rings. The molecule has 1 N–H and O–H groups in total. The lowest BCUT2D eigenvalue weighted by atomic mass is 10.0. The molecule has 0 radical (unpaired) electrons. The van der Waals surface area contributed by atoms with Gasteiger partial charge in [0.15, 0.2) is 0 Å². The number of anilines is 2. The third-order valence-electron chi connectivity index (χ3n) is 4.72. The van der Waals surface area contributed by atoms with Crippen LogP contribution < -0.4 is 10.2 Å². The molecule has 1 saturated heterocycles. The van der Waals surface area contributed by atoms with Gasteiger partial charge < -0.3 is 15.0 Å². The number of hydrogen-bond donors (Lipinski definition) is 1. The van der Waals surface area contributed by atoms with Gasteiger partial charge >= 0.3 is 0 Å². The van der Waals surface area contributed by atoms with Crippen LogP contribution in [0.3, 0.4) is 0 Å². The first kappa shape index (κ1) is 17.6. The zero-order valence-electron chi connectivity index (χ0n) is 15.9.